The molecule has 3 aromatic rings. The molecule has 0 radical (unpaired) electrons. The summed E-state index contributed by atoms with van der Waals surface area (Å²) in [6.07, 6.45) is 3.07. The number of aromatic nitrogens is 4. The Morgan fingerprint density at radius 3 is 2.65 bits per heavy atom. The third-order valence-corrected chi connectivity index (χ3v) is 5.31. The maximum Gasteiger partial charge on any atom is 0.272 e. The van der Waals surface area contributed by atoms with Gasteiger partial charge in [0.1, 0.15) is 17.5 Å². The number of morpholine rings is 1. The number of hydrogen-bond acceptors (Lipinski definition) is 7. The molecule has 1 saturated heterocycles. The van der Waals surface area contributed by atoms with Gasteiger partial charge in [-0.15, -0.1) is 0 Å². The van der Waals surface area contributed by atoms with E-state index < -0.39 is 0 Å². The van der Waals surface area contributed by atoms with Crippen LogP contribution in [-0.2, 0) is 11.8 Å². The lowest BCUT2D eigenvalue weighted by Crippen LogP contribution is -2.43. The summed E-state index contributed by atoms with van der Waals surface area (Å²) in [6, 6.07) is 9.47. The highest BCUT2D eigenvalue weighted by atomic mass is 16.5. The van der Waals surface area contributed by atoms with E-state index in [1.807, 2.05) is 49.5 Å². The summed E-state index contributed by atoms with van der Waals surface area (Å²) in [4.78, 5) is 25.9. The van der Waals surface area contributed by atoms with Crippen LogP contribution in [0.1, 0.15) is 22.3 Å². The number of aryl methyl sites for hydroxylation is 1. The third-order valence-electron chi connectivity index (χ3n) is 5.31. The van der Waals surface area contributed by atoms with Gasteiger partial charge in [-0.2, -0.15) is 5.10 Å². The normalized spacial score (nSPS) is 16.3. The van der Waals surface area contributed by atoms with Crippen LogP contribution in [0.3, 0.4) is 0 Å². The average Bonchev–Trinajstić information content (AvgIpc) is 3.24. The number of nitrogens with zero attached hydrogens (tertiary/aromatic N) is 6. The van der Waals surface area contributed by atoms with Gasteiger partial charge < -0.3 is 19.3 Å². The molecule has 31 heavy (non-hydrogen) atoms. The van der Waals surface area contributed by atoms with Gasteiger partial charge in [0, 0.05) is 45.6 Å². The minimum atomic E-state index is -0.371. The summed E-state index contributed by atoms with van der Waals surface area (Å²) in [5.41, 5.74) is 3.13. The fraction of sp³-hybridized carbons (Fsp3) is 0.364. The van der Waals surface area contributed by atoms with Crippen molar-refractivity contribution in [3.8, 4) is 16.9 Å². The predicted molar refractivity (Wildman–Crippen MR) is 116 cm³/mol. The first-order valence-corrected chi connectivity index (χ1v) is 10.1. The molecule has 0 aliphatic carbocycles. The number of hydrogen-bond donors (Lipinski definition) is 0. The van der Waals surface area contributed by atoms with E-state index >= 15 is 0 Å². The fourth-order valence-electron chi connectivity index (χ4n) is 3.58. The van der Waals surface area contributed by atoms with Crippen LogP contribution in [0, 0.1) is 0 Å². The number of methoxy groups -OCH3 is 1. The topological polar surface area (TPSA) is 85.6 Å². The van der Waals surface area contributed by atoms with Gasteiger partial charge in [0.05, 0.1) is 26.0 Å². The highest BCUT2D eigenvalue weighted by molar-refractivity contribution is 5.92. The van der Waals surface area contributed by atoms with Gasteiger partial charge in [-0.05, 0) is 23.8 Å². The van der Waals surface area contributed by atoms with Crippen molar-refractivity contribution < 1.29 is 14.3 Å². The van der Waals surface area contributed by atoms with E-state index in [2.05, 4.69) is 10.1 Å². The summed E-state index contributed by atoms with van der Waals surface area (Å²) in [7, 11) is 7.19. The summed E-state index contributed by atoms with van der Waals surface area (Å²) < 4.78 is 12.9. The second kappa shape index (κ2) is 8.73. The van der Waals surface area contributed by atoms with Crippen molar-refractivity contribution in [2.24, 2.45) is 7.05 Å². The van der Waals surface area contributed by atoms with Gasteiger partial charge in [0.15, 0.2) is 0 Å². The van der Waals surface area contributed by atoms with E-state index in [1.54, 1.807) is 36.0 Å². The summed E-state index contributed by atoms with van der Waals surface area (Å²) in [5, 5.41) is 4.11. The fourth-order valence-corrected chi connectivity index (χ4v) is 3.58. The first-order chi connectivity index (χ1) is 15.0. The number of carbonyl (C=O) groups excluding carboxylic acids is 1. The maximum absolute atomic E-state index is 13.0. The zero-order valence-electron chi connectivity index (χ0n) is 18.1. The van der Waals surface area contributed by atoms with Gasteiger partial charge in [-0.1, -0.05) is 12.1 Å². The minimum absolute atomic E-state index is 0.0683. The second-order valence-corrected chi connectivity index (χ2v) is 7.54. The number of amides is 1. The van der Waals surface area contributed by atoms with Crippen molar-refractivity contribution >= 4 is 11.9 Å². The molecule has 0 bridgehead atoms. The zero-order chi connectivity index (χ0) is 22.0. The standard InChI is InChI=1S/C22H26N6O3/c1-26(2)22-23-13-17(15-5-7-16(30-4)8-6-15)20(25-22)19-14-28(11-12-31-19)21(29)18-9-10-24-27(18)3/h5-10,13,19H,11-12,14H2,1-4H3. The molecule has 0 saturated carbocycles. The Morgan fingerprint density at radius 2 is 2.00 bits per heavy atom. The first kappa shape index (κ1) is 20.8. The molecule has 2 aromatic heterocycles. The smallest absolute Gasteiger partial charge is 0.272 e. The molecule has 0 spiro atoms. The molecule has 1 amide bonds. The van der Waals surface area contributed by atoms with E-state index in [9.17, 15) is 4.79 Å². The van der Waals surface area contributed by atoms with Gasteiger partial charge in [0.25, 0.3) is 5.91 Å². The highest BCUT2D eigenvalue weighted by Crippen LogP contribution is 2.32. The van der Waals surface area contributed by atoms with Gasteiger partial charge in [-0.3, -0.25) is 9.48 Å². The van der Waals surface area contributed by atoms with Crippen LogP contribution in [0.4, 0.5) is 5.95 Å². The molecule has 1 aliphatic rings. The van der Waals surface area contributed by atoms with Crippen LogP contribution in [0.25, 0.3) is 11.1 Å². The van der Waals surface area contributed by atoms with Crippen molar-refractivity contribution in [2.75, 3.05) is 45.8 Å². The highest BCUT2D eigenvalue weighted by Gasteiger charge is 2.30. The van der Waals surface area contributed by atoms with E-state index in [-0.39, 0.29) is 12.0 Å². The Balaban J connectivity index is 1.68. The van der Waals surface area contributed by atoms with E-state index in [0.717, 1.165) is 22.6 Å². The molecule has 1 fully saturated rings. The molecule has 1 unspecified atom stereocenters. The Morgan fingerprint density at radius 1 is 1.23 bits per heavy atom. The first-order valence-electron chi connectivity index (χ1n) is 10.1. The van der Waals surface area contributed by atoms with Crippen LogP contribution in [-0.4, -0.2) is 71.5 Å². The van der Waals surface area contributed by atoms with E-state index in [4.69, 9.17) is 14.5 Å². The van der Waals surface area contributed by atoms with Crippen molar-refractivity contribution in [1.82, 2.24) is 24.6 Å². The van der Waals surface area contributed by atoms with Crippen LogP contribution < -0.4 is 9.64 Å². The number of carbonyl (C=O) groups is 1. The van der Waals surface area contributed by atoms with E-state index in [1.165, 1.54) is 0 Å². The number of benzene rings is 1. The molecule has 1 aliphatic heterocycles. The van der Waals surface area contributed by atoms with Crippen LogP contribution in [0.5, 0.6) is 5.75 Å². The second-order valence-electron chi connectivity index (χ2n) is 7.54. The molecule has 1 atom stereocenters. The van der Waals surface area contributed by atoms with Gasteiger partial charge >= 0.3 is 0 Å². The van der Waals surface area contributed by atoms with Gasteiger partial charge in [-0.25, -0.2) is 9.97 Å². The largest absolute Gasteiger partial charge is 0.497 e. The average molecular weight is 422 g/mol. The van der Waals surface area contributed by atoms with Gasteiger partial charge in [0.2, 0.25) is 5.95 Å². The minimum Gasteiger partial charge on any atom is -0.497 e. The lowest BCUT2D eigenvalue weighted by Gasteiger charge is -2.33. The molecular weight excluding hydrogens is 396 g/mol. The molecule has 162 valence electrons. The number of rotatable bonds is 5. The molecule has 1 aromatic carbocycles. The van der Waals surface area contributed by atoms with E-state index in [0.29, 0.717) is 31.3 Å². The van der Waals surface area contributed by atoms with Crippen LogP contribution in [0.15, 0.2) is 42.7 Å². The molecule has 0 N–H and O–H groups in total. The Hall–Kier alpha value is -3.46. The lowest BCUT2D eigenvalue weighted by atomic mass is 10.0. The van der Waals surface area contributed by atoms with Crippen molar-refractivity contribution in [1.29, 1.82) is 0 Å². The Kier molecular flexibility index (Phi) is 5.85. The molecule has 4 rings (SSSR count). The summed E-state index contributed by atoms with van der Waals surface area (Å²) in [6.45, 7) is 1.35. The van der Waals surface area contributed by atoms with Crippen LogP contribution in [0.2, 0.25) is 0 Å². The van der Waals surface area contributed by atoms with Crippen LogP contribution >= 0.6 is 0 Å². The third kappa shape index (κ3) is 4.22. The number of anilines is 1. The van der Waals surface area contributed by atoms with Crippen molar-refractivity contribution in [3.63, 3.8) is 0 Å². The summed E-state index contributed by atoms with van der Waals surface area (Å²) >= 11 is 0. The molecule has 9 heteroatoms. The molecular formula is C22H26N6O3. The van der Waals surface area contributed by atoms with Crippen molar-refractivity contribution in [3.05, 3.63) is 54.1 Å². The van der Waals surface area contributed by atoms with Crippen molar-refractivity contribution in [2.45, 2.75) is 6.10 Å². The summed E-state index contributed by atoms with van der Waals surface area (Å²) in [5.74, 6) is 1.30. The number of ether oxygens (including phenoxy) is 2. The lowest BCUT2D eigenvalue weighted by molar-refractivity contribution is -0.0248. The monoisotopic (exact) mass is 422 g/mol. The predicted octanol–water partition coefficient (Wildman–Crippen LogP) is 2.17. The SMILES string of the molecule is COc1ccc(-c2cnc(N(C)C)nc2C2CN(C(=O)c3ccnn3C)CCO2)cc1. The Labute approximate surface area is 181 Å². The zero-order valence-corrected chi connectivity index (χ0v) is 18.1. The molecule has 9 nitrogen and oxygen atoms in total. The maximum atomic E-state index is 13.0. The quantitative estimate of drug-likeness (QED) is 0.623. The molecule has 3 heterocycles. The Bertz CT molecular complexity index is 1060.